The average Bonchev–Trinajstić information content (AvgIpc) is 3.15. The van der Waals surface area contributed by atoms with Crippen LogP contribution >= 0.6 is 11.3 Å². The summed E-state index contributed by atoms with van der Waals surface area (Å²) in [7, 11) is 0. The van der Waals surface area contributed by atoms with Crippen LogP contribution in [0.25, 0.3) is 5.57 Å². The fourth-order valence-electron chi connectivity index (χ4n) is 2.74. The van der Waals surface area contributed by atoms with E-state index < -0.39 is 0 Å². The highest BCUT2D eigenvalue weighted by Gasteiger charge is 2.20. The number of hydrogen-bond acceptors (Lipinski definition) is 3. The predicted molar refractivity (Wildman–Crippen MR) is 94.5 cm³/mol. The van der Waals surface area contributed by atoms with Crippen molar-refractivity contribution >= 4 is 16.9 Å². The first-order valence-corrected chi connectivity index (χ1v) is 8.58. The molecule has 114 valence electrons. The van der Waals surface area contributed by atoms with Gasteiger partial charge in [0.1, 0.15) is 0 Å². The fraction of sp³-hybridized carbons (Fsp3) is 0.444. The zero-order valence-corrected chi connectivity index (χ0v) is 14.0. The van der Waals surface area contributed by atoms with Crippen molar-refractivity contribution in [2.75, 3.05) is 19.6 Å². The van der Waals surface area contributed by atoms with Crippen molar-refractivity contribution in [3.05, 3.63) is 52.9 Å². The van der Waals surface area contributed by atoms with Gasteiger partial charge in [-0.25, -0.2) is 0 Å². The largest absolute Gasteiger partial charge is 0.386 e. The summed E-state index contributed by atoms with van der Waals surface area (Å²) in [6.45, 7) is 15.7. The minimum Gasteiger partial charge on any atom is -0.386 e. The topological polar surface area (TPSA) is 15.3 Å². The van der Waals surface area contributed by atoms with Crippen LogP contribution in [0.1, 0.15) is 42.5 Å². The first-order valence-electron chi connectivity index (χ1n) is 7.76. The second-order valence-electron chi connectivity index (χ2n) is 5.48. The Morgan fingerprint density at radius 3 is 2.76 bits per heavy atom. The molecule has 0 saturated carbocycles. The number of likely N-dealkylation sites (tertiary alicyclic amines) is 1. The number of rotatable bonds is 7. The van der Waals surface area contributed by atoms with Gasteiger partial charge >= 0.3 is 0 Å². The lowest BCUT2D eigenvalue weighted by atomic mass is 10.2. The molecule has 21 heavy (non-hydrogen) atoms. The lowest BCUT2D eigenvalue weighted by molar-refractivity contribution is 0.267. The van der Waals surface area contributed by atoms with Crippen LogP contribution in [-0.4, -0.2) is 24.5 Å². The van der Waals surface area contributed by atoms with E-state index in [0.717, 1.165) is 17.8 Å². The van der Waals surface area contributed by atoms with Crippen molar-refractivity contribution in [2.45, 2.75) is 32.7 Å². The van der Waals surface area contributed by atoms with Gasteiger partial charge in [-0.3, -0.25) is 4.90 Å². The number of likely N-dealkylation sites (N-methyl/N-ethyl adjacent to an activating group) is 1. The predicted octanol–water partition coefficient (Wildman–Crippen LogP) is 4.60. The molecule has 1 fully saturated rings. The second kappa shape index (κ2) is 7.62. The van der Waals surface area contributed by atoms with Crippen LogP contribution < -0.4 is 5.32 Å². The van der Waals surface area contributed by atoms with Crippen LogP contribution in [0.5, 0.6) is 0 Å². The van der Waals surface area contributed by atoms with Gasteiger partial charge in [-0.05, 0) is 63.6 Å². The summed E-state index contributed by atoms with van der Waals surface area (Å²) in [6, 6.07) is 4.99. The second-order valence-corrected chi connectivity index (χ2v) is 6.60. The van der Waals surface area contributed by atoms with Gasteiger partial charge in [0.15, 0.2) is 0 Å². The molecule has 3 heteroatoms. The minimum atomic E-state index is 0.522. The Morgan fingerprint density at radius 2 is 2.14 bits per heavy atom. The number of nitrogens with one attached hydrogen (secondary N) is 1. The molecule has 2 rings (SSSR count). The van der Waals surface area contributed by atoms with Crippen molar-refractivity contribution in [3.63, 3.8) is 0 Å². The lowest BCUT2D eigenvalue weighted by Gasteiger charge is -2.22. The summed E-state index contributed by atoms with van der Waals surface area (Å²) >= 11 is 1.87. The van der Waals surface area contributed by atoms with Crippen molar-refractivity contribution < 1.29 is 0 Å². The van der Waals surface area contributed by atoms with Gasteiger partial charge in [-0.15, -0.1) is 11.3 Å². The molecule has 2 heterocycles. The van der Waals surface area contributed by atoms with Crippen LogP contribution in [0.2, 0.25) is 0 Å². The van der Waals surface area contributed by atoms with Gasteiger partial charge < -0.3 is 5.32 Å². The molecule has 0 amide bonds. The summed E-state index contributed by atoms with van der Waals surface area (Å²) in [6.07, 6.45) is 6.66. The summed E-state index contributed by atoms with van der Waals surface area (Å²) in [5.41, 5.74) is 2.08. The maximum atomic E-state index is 4.02. The van der Waals surface area contributed by atoms with Gasteiger partial charge in [0.2, 0.25) is 0 Å². The van der Waals surface area contributed by atoms with Crippen LogP contribution in [-0.2, 0) is 0 Å². The molecule has 0 radical (unpaired) electrons. The maximum Gasteiger partial charge on any atom is 0.0413 e. The summed E-state index contributed by atoms with van der Waals surface area (Å²) in [4.78, 5) is 5.28. The molecule has 1 aliphatic heterocycles. The smallest absolute Gasteiger partial charge is 0.0413 e. The monoisotopic (exact) mass is 302 g/mol. The van der Waals surface area contributed by atoms with E-state index in [1.54, 1.807) is 0 Å². The molecular formula is C18H26N2S. The van der Waals surface area contributed by atoms with E-state index in [1.807, 2.05) is 17.4 Å². The zero-order valence-electron chi connectivity index (χ0n) is 13.2. The van der Waals surface area contributed by atoms with Gasteiger partial charge in [-0.1, -0.05) is 19.2 Å². The van der Waals surface area contributed by atoms with Gasteiger partial charge in [0.25, 0.3) is 0 Å². The SMILES string of the molecule is C=C/C(=C\C(=C)NCC)c1ccc(C(C)N2CCCC2)s1. The van der Waals surface area contributed by atoms with Crippen LogP contribution in [0.3, 0.4) is 0 Å². The molecule has 0 aromatic carbocycles. The lowest BCUT2D eigenvalue weighted by Crippen LogP contribution is -2.22. The Kier molecular flexibility index (Phi) is 5.83. The van der Waals surface area contributed by atoms with E-state index in [2.05, 4.69) is 55.4 Å². The fourth-order valence-corrected chi connectivity index (χ4v) is 3.84. The maximum absolute atomic E-state index is 4.02. The molecular weight excluding hydrogens is 276 g/mol. The third-order valence-electron chi connectivity index (χ3n) is 3.96. The van der Waals surface area contributed by atoms with E-state index in [0.29, 0.717) is 6.04 Å². The molecule has 0 bridgehead atoms. The molecule has 2 nitrogen and oxygen atoms in total. The molecule has 1 aromatic rings. The molecule has 1 atom stereocenters. The number of nitrogens with zero attached hydrogens (tertiary/aromatic N) is 1. The molecule has 0 aliphatic carbocycles. The van der Waals surface area contributed by atoms with Crippen molar-refractivity contribution in [1.82, 2.24) is 10.2 Å². The van der Waals surface area contributed by atoms with E-state index in [-0.39, 0.29) is 0 Å². The van der Waals surface area contributed by atoms with Crippen LogP contribution in [0.4, 0.5) is 0 Å². The molecule has 1 unspecified atom stereocenters. The van der Waals surface area contributed by atoms with Crippen molar-refractivity contribution in [2.24, 2.45) is 0 Å². The zero-order chi connectivity index (χ0) is 15.2. The van der Waals surface area contributed by atoms with E-state index in [9.17, 15) is 0 Å². The normalized spacial score (nSPS) is 17.7. The van der Waals surface area contributed by atoms with E-state index in [1.165, 1.54) is 35.7 Å². The van der Waals surface area contributed by atoms with E-state index >= 15 is 0 Å². The molecule has 1 N–H and O–H groups in total. The third kappa shape index (κ3) is 4.08. The van der Waals surface area contributed by atoms with E-state index in [4.69, 9.17) is 0 Å². The van der Waals surface area contributed by atoms with Crippen molar-refractivity contribution in [3.8, 4) is 0 Å². The highest BCUT2D eigenvalue weighted by molar-refractivity contribution is 7.13. The van der Waals surface area contributed by atoms with Gasteiger partial charge in [0, 0.05) is 28.0 Å². The number of thiophene rings is 1. The Morgan fingerprint density at radius 1 is 1.43 bits per heavy atom. The summed E-state index contributed by atoms with van der Waals surface area (Å²) in [5, 5.41) is 3.23. The quantitative estimate of drug-likeness (QED) is 0.741. The highest BCUT2D eigenvalue weighted by Crippen LogP contribution is 2.33. The number of hydrogen-bond donors (Lipinski definition) is 1. The first kappa shape index (κ1) is 16.1. The Balaban J connectivity index is 2.13. The average molecular weight is 302 g/mol. The van der Waals surface area contributed by atoms with Crippen LogP contribution in [0.15, 0.2) is 43.1 Å². The van der Waals surface area contributed by atoms with Crippen LogP contribution in [0, 0.1) is 0 Å². The minimum absolute atomic E-state index is 0.522. The highest BCUT2D eigenvalue weighted by atomic mass is 32.1. The van der Waals surface area contributed by atoms with Gasteiger partial charge in [0.05, 0.1) is 0 Å². The summed E-state index contributed by atoms with van der Waals surface area (Å²) in [5.74, 6) is 0. The summed E-state index contributed by atoms with van der Waals surface area (Å²) < 4.78 is 0. The van der Waals surface area contributed by atoms with Crippen molar-refractivity contribution in [1.29, 1.82) is 0 Å². The molecule has 1 aliphatic rings. The molecule has 0 spiro atoms. The number of allylic oxidation sites excluding steroid dienone is 3. The third-order valence-corrected chi connectivity index (χ3v) is 5.27. The molecule has 1 saturated heterocycles. The molecule has 1 aromatic heterocycles. The van der Waals surface area contributed by atoms with Gasteiger partial charge in [-0.2, -0.15) is 0 Å². The Labute approximate surface area is 132 Å². The Bertz CT molecular complexity index is 521. The first-order chi connectivity index (χ1) is 10.2. The Hall–Kier alpha value is -1.32. The standard InChI is InChI=1S/C18H26N2S/c1-5-16(13-14(3)19-6-2)18-10-9-17(21-18)15(4)20-11-7-8-12-20/h5,9-10,13,15,19H,1,3,6-8,11-12H2,2,4H3/b16-13+.